The van der Waals surface area contributed by atoms with E-state index in [0.29, 0.717) is 0 Å². The molecular formula is C17H26N2O. The number of para-hydroxylation sites is 1. The first kappa shape index (κ1) is 14.9. The van der Waals surface area contributed by atoms with Gasteiger partial charge in [-0.3, -0.25) is 4.79 Å². The Morgan fingerprint density at radius 3 is 2.55 bits per heavy atom. The van der Waals surface area contributed by atoms with Crippen LogP contribution in [0.3, 0.4) is 0 Å². The third-order valence-electron chi connectivity index (χ3n) is 4.65. The van der Waals surface area contributed by atoms with Gasteiger partial charge in [0.1, 0.15) is 5.54 Å². The summed E-state index contributed by atoms with van der Waals surface area (Å²) in [4.78, 5) is 12.0. The lowest BCUT2D eigenvalue weighted by Crippen LogP contribution is -2.52. The van der Waals surface area contributed by atoms with Gasteiger partial charge >= 0.3 is 0 Å². The largest absolute Gasteiger partial charge is 0.371 e. The van der Waals surface area contributed by atoms with Crippen LogP contribution in [0.1, 0.15) is 51.0 Å². The number of hydrogen-bond donors (Lipinski definition) is 2. The highest BCUT2D eigenvalue weighted by Crippen LogP contribution is 2.37. The zero-order valence-electron chi connectivity index (χ0n) is 12.6. The van der Waals surface area contributed by atoms with E-state index in [1.54, 1.807) is 0 Å². The van der Waals surface area contributed by atoms with Crippen molar-refractivity contribution in [2.24, 2.45) is 11.7 Å². The number of carbonyl (C=O) groups is 1. The second-order valence-corrected chi connectivity index (χ2v) is 6.12. The lowest BCUT2D eigenvalue weighted by Gasteiger charge is -2.39. The van der Waals surface area contributed by atoms with Crippen LogP contribution < -0.4 is 11.1 Å². The maximum absolute atomic E-state index is 12.0. The Labute approximate surface area is 121 Å². The average molecular weight is 274 g/mol. The molecule has 1 saturated carbocycles. The van der Waals surface area contributed by atoms with Gasteiger partial charge in [0, 0.05) is 5.69 Å². The minimum atomic E-state index is -0.559. The zero-order valence-corrected chi connectivity index (χ0v) is 12.6. The Bertz CT molecular complexity index is 462. The minimum Gasteiger partial charge on any atom is -0.371 e. The third kappa shape index (κ3) is 3.14. The molecule has 0 radical (unpaired) electrons. The summed E-state index contributed by atoms with van der Waals surface area (Å²) in [5.74, 6) is 0.543. The second-order valence-electron chi connectivity index (χ2n) is 6.12. The van der Waals surface area contributed by atoms with E-state index in [1.807, 2.05) is 18.2 Å². The van der Waals surface area contributed by atoms with E-state index in [2.05, 4.69) is 25.2 Å². The van der Waals surface area contributed by atoms with Gasteiger partial charge in [0.05, 0.1) is 0 Å². The van der Waals surface area contributed by atoms with Crippen LogP contribution >= 0.6 is 0 Å². The predicted molar refractivity (Wildman–Crippen MR) is 83.6 cm³/mol. The molecule has 1 aromatic carbocycles. The van der Waals surface area contributed by atoms with E-state index in [-0.39, 0.29) is 5.91 Å². The Balaban J connectivity index is 2.12. The average Bonchev–Trinajstić information content (AvgIpc) is 2.44. The summed E-state index contributed by atoms with van der Waals surface area (Å²) >= 11 is 0. The number of carbonyl (C=O) groups excluding carboxylic acids is 1. The van der Waals surface area contributed by atoms with Crippen molar-refractivity contribution in [3.8, 4) is 0 Å². The number of amides is 1. The number of primary amides is 1. The molecule has 3 N–H and O–H groups in total. The molecule has 3 nitrogen and oxygen atoms in total. The van der Waals surface area contributed by atoms with Crippen molar-refractivity contribution in [1.82, 2.24) is 0 Å². The van der Waals surface area contributed by atoms with Crippen LogP contribution in [-0.2, 0) is 4.79 Å². The third-order valence-corrected chi connectivity index (χ3v) is 4.65. The molecule has 0 unspecified atom stereocenters. The number of rotatable bonds is 5. The molecule has 0 heterocycles. The Morgan fingerprint density at radius 2 is 2.00 bits per heavy atom. The van der Waals surface area contributed by atoms with Crippen LogP contribution in [0.5, 0.6) is 0 Å². The molecule has 0 bridgehead atoms. The maximum Gasteiger partial charge on any atom is 0.243 e. The van der Waals surface area contributed by atoms with Crippen LogP contribution in [0.2, 0.25) is 0 Å². The monoisotopic (exact) mass is 274 g/mol. The number of anilines is 1. The van der Waals surface area contributed by atoms with Gasteiger partial charge in [-0.1, -0.05) is 38.0 Å². The van der Waals surface area contributed by atoms with E-state index < -0.39 is 5.54 Å². The summed E-state index contributed by atoms with van der Waals surface area (Å²) in [6.45, 7) is 4.28. The van der Waals surface area contributed by atoms with Crippen molar-refractivity contribution in [1.29, 1.82) is 0 Å². The number of nitrogens with one attached hydrogen (secondary N) is 1. The number of benzene rings is 1. The Kier molecular flexibility index (Phi) is 4.69. The van der Waals surface area contributed by atoms with Crippen molar-refractivity contribution in [3.05, 3.63) is 29.8 Å². The fraction of sp³-hybridized carbons (Fsp3) is 0.588. The van der Waals surface area contributed by atoms with Crippen molar-refractivity contribution in [3.63, 3.8) is 0 Å². The normalized spacial score (nSPS) is 26.2. The first-order valence-electron chi connectivity index (χ1n) is 7.71. The Morgan fingerprint density at radius 1 is 1.35 bits per heavy atom. The van der Waals surface area contributed by atoms with Crippen LogP contribution in [0.4, 0.5) is 5.69 Å². The molecule has 0 saturated heterocycles. The van der Waals surface area contributed by atoms with Crippen LogP contribution in [0.25, 0.3) is 0 Å². The molecule has 0 aliphatic heterocycles. The SMILES string of the molecule is CCCC1CCC(Nc2ccccc2C)(C(N)=O)CC1. The van der Waals surface area contributed by atoms with Crippen molar-refractivity contribution in [2.45, 2.75) is 57.9 Å². The zero-order chi connectivity index (χ0) is 14.6. The molecule has 1 fully saturated rings. The van der Waals surface area contributed by atoms with E-state index >= 15 is 0 Å². The molecular weight excluding hydrogens is 248 g/mol. The highest BCUT2D eigenvalue weighted by Gasteiger charge is 2.40. The fourth-order valence-corrected chi connectivity index (χ4v) is 3.27. The van der Waals surface area contributed by atoms with Crippen molar-refractivity contribution >= 4 is 11.6 Å². The van der Waals surface area contributed by atoms with Gasteiger partial charge in [0.2, 0.25) is 5.91 Å². The smallest absolute Gasteiger partial charge is 0.243 e. The van der Waals surface area contributed by atoms with E-state index in [9.17, 15) is 4.79 Å². The number of nitrogens with two attached hydrogens (primary N) is 1. The second kappa shape index (κ2) is 6.29. The fourth-order valence-electron chi connectivity index (χ4n) is 3.27. The molecule has 1 aliphatic carbocycles. The quantitative estimate of drug-likeness (QED) is 0.861. The van der Waals surface area contributed by atoms with Gasteiger partial charge < -0.3 is 11.1 Å². The number of aryl methyl sites for hydroxylation is 1. The van der Waals surface area contributed by atoms with Gasteiger partial charge in [0.15, 0.2) is 0 Å². The van der Waals surface area contributed by atoms with Crippen molar-refractivity contribution < 1.29 is 4.79 Å². The molecule has 20 heavy (non-hydrogen) atoms. The standard InChI is InChI=1S/C17H26N2O/c1-3-6-14-9-11-17(12-10-14,16(18)20)19-15-8-5-4-7-13(15)2/h4-5,7-8,14,19H,3,6,9-12H2,1-2H3,(H2,18,20). The molecule has 1 aliphatic rings. The van der Waals surface area contributed by atoms with E-state index in [4.69, 9.17) is 5.73 Å². The molecule has 0 spiro atoms. The topological polar surface area (TPSA) is 55.1 Å². The van der Waals surface area contributed by atoms with Gasteiger partial charge in [-0.2, -0.15) is 0 Å². The van der Waals surface area contributed by atoms with E-state index in [1.165, 1.54) is 12.8 Å². The van der Waals surface area contributed by atoms with Gasteiger partial charge in [-0.05, 0) is 50.2 Å². The number of hydrogen-bond acceptors (Lipinski definition) is 2. The predicted octanol–water partition coefficient (Wildman–Crippen LogP) is 3.62. The molecule has 0 aromatic heterocycles. The first-order chi connectivity index (χ1) is 9.57. The summed E-state index contributed by atoms with van der Waals surface area (Å²) in [6, 6.07) is 8.08. The first-order valence-corrected chi connectivity index (χ1v) is 7.71. The molecule has 2 rings (SSSR count). The van der Waals surface area contributed by atoms with Gasteiger partial charge in [-0.25, -0.2) is 0 Å². The van der Waals surface area contributed by atoms with E-state index in [0.717, 1.165) is 42.9 Å². The lowest BCUT2D eigenvalue weighted by atomic mass is 9.74. The van der Waals surface area contributed by atoms with Gasteiger partial charge in [0.25, 0.3) is 0 Å². The van der Waals surface area contributed by atoms with Gasteiger partial charge in [-0.15, -0.1) is 0 Å². The lowest BCUT2D eigenvalue weighted by molar-refractivity contribution is -0.123. The highest BCUT2D eigenvalue weighted by molar-refractivity contribution is 5.88. The summed E-state index contributed by atoms with van der Waals surface area (Å²) in [5.41, 5.74) is 7.34. The summed E-state index contributed by atoms with van der Waals surface area (Å²) in [7, 11) is 0. The molecule has 0 atom stereocenters. The molecule has 1 aromatic rings. The maximum atomic E-state index is 12.0. The molecule has 1 amide bonds. The molecule has 110 valence electrons. The summed E-state index contributed by atoms with van der Waals surface area (Å²) in [6.07, 6.45) is 6.37. The van der Waals surface area contributed by atoms with Crippen LogP contribution in [0.15, 0.2) is 24.3 Å². The minimum absolute atomic E-state index is 0.212. The highest BCUT2D eigenvalue weighted by atomic mass is 16.1. The molecule has 3 heteroatoms. The van der Waals surface area contributed by atoms with Crippen LogP contribution in [0, 0.1) is 12.8 Å². The van der Waals surface area contributed by atoms with Crippen LogP contribution in [-0.4, -0.2) is 11.4 Å². The van der Waals surface area contributed by atoms with Crippen molar-refractivity contribution in [2.75, 3.05) is 5.32 Å². The summed E-state index contributed by atoms with van der Waals surface area (Å²) in [5, 5.41) is 3.45. The summed E-state index contributed by atoms with van der Waals surface area (Å²) < 4.78 is 0. The Hall–Kier alpha value is -1.51.